The molecule has 0 heterocycles. The van der Waals surface area contributed by atoms with Crippen LogP contribution in [0.3, 0.4) is 0 Å². The topological polar surface area (TPSA) is 94.8 Å². The number of carboxylic acids is 2. The maximum Gasteiger partial charge on any atom is 0.339 e. The quantitative estimate of drug-likeness (QED) is 0.685. The van der Waals surface area contributed by atoms with Crippen LogP contribution in [0, 0.1) is 6.92 Å². The fourth-order valence-electron chi connectivity index (χ4n) is 0.832. The summed E-state index contributed by atoms with van der Waals surface area (Å²) in [5.74, 6) is -2.19. The second-order valence-corrected chi connectivity index (χ2v) is 3.36. The number of aryl methyl sites for hydroxylation is 1. The van der Waals surface area contributed by atoms with Crippen molar-refractivity contribution in [3.05, 3.63) is 41.5 Å². The van der Waals surface area contributed by atoms with Crippen LogP contribution in [0.4, 0.5) is 0 Å². The van der Waals surface area contributed by atoms with Gasteiger partial charge in [-0.25, -0.2) is 9.59 Å². The summed E-state index contributed by atoms with van der Waals surface area (Å²) < 4.78 is 0. The molecule has 1 aromatic carbocycles. The summed E-state index contributed by atoms with van der Waals surface area (Å²) in [7, 11) is 0. The van der Waals surface area contributed by atoms with Gasteiger partial charge in [-0.2, -0.15) is 0 Å². The number of benzene rings is 1. The predicted octanol–water partition coefficient (Wildman–Crippen LogP) is 2.05. The summed E-state index contributed by atoms with van der Waals surface area (Å²) in [6.45, 7) is 6.26. The third-order valence-corrected chi connectivity index (χ3v) is 1.83. The molecule has 0 saturated carbocycles. The Bertz CT molecular complexity index is 436. The summed E-state index contributed by atoms with van der Waals surface area (Å²) in [6, 6.07) is 4.62. The molecule has 0 bridgehead atoms. The number of hydrogen-bond donors (Lipinski definition) is 3. The fraction of sp³-hybridized carbons (Fsp3) is 0.167. The second-order valence-electron chi connectivity index (χ2n) is 3.36. The highest BCUT2D eigenvalue weighted by Gasteiger charge is 2.09. The first-order valence-corrected chi connectivity index (χ1v) is 4.68. The molecule has 0 aromatic heterocycles. The molecule has 0 fully saturated rings. The van der Waals surface area contributed by atoms with Crippen LogP contribution >= 0.6 is 0 Å². The molecular formula is C12H14O5. The monoisotopic (exact) mass is 238 g/mol. The van der Waals surface area contributed by atoms with Gasteiger partial charge in [-0.1, -0.05) is 18.7 Å². The molecule has 0 aliphatic heterocycles. The van der Waals surface area contributed by atoms with Crippen molar-refractivity contribution in [3.8, 4) is 5.75 Å². The zero-order chi connectivity index (χ0) is 13.6. The van der Waals surface area contributed by atoms with Crippen molar-refractivity contribution in [2.24, 2.45) is 0 Å². The van der Waals surface area contributed by atoms with Gasteiger partial charge in [0.25, 0.3) is 0 Å². The van der Waals surface area contributed by atoms with E-state index in [-0.39, 0.29) is 16.9 Å². The summed E-state index contributed by atoms with van der Waals surface area (Å²) in [4.78, 5) is 20.0. The van der Waals surface area contributed by atoms with Crippen molar-refractivity contribution in [3.63, 3.8) is 0 Å². The molecule has 5 nitrogen and oxygen atoms in total. The minimum atomic E-state index is -1.11. The van der Waals surface area contributed by atoms with E-state index in [9.17, 15) is 14.7 Å². The number of aliphatic carboxylic acids is 1. The van der Waals surface area contributed by atoms with E-state index in [4.69, 9.17) is 10.2 Å². The van der Waals surface area contributed by atoms with Gasteiger partial charge in [-0.15, -0.1) is 0 Å². The number of carboxylic acid groups (broad SMARTS) is 2. The van der Waals surface area contributed by atoms with Gasteiger partial charge < -0.3 is 15.3 Å². The molecule has 0 aliphatic rings. The highest BCUT2D eigenvalue weighted by molar-refractivity contribution is 5.91. The Morgan fingerprint density at radius 2 is 1.71 bits per heavy atom. The van der Waals surface area contributed by atoms with Gasteiger partial charge in [0.1, 0.15) is 11.3 Å². The van der Waals surface area contributed by atoms with E-state index < -0.39 is 11.9 Å². The Hall–Kier alpha value is -2.30. The van der Waals surface area contributed by atoms with Gasteiger partial charge >= 0.3 is 11.9 Å². The van der Waals surface area contributed by atoms with E-state index in [1.807, 2.05) is 0 Å². The number of aromatic carboxylic acids is 1. The number of aromatic hydroxyl groups is 1. The lowest BCUT2D eigenvalue weighted by molar-refractivity contribution is -0.132. The second kappa shape index (κ2) is 6.32. The zero-order valence-corrected chi connectivity index (χ0v) is 9.60. The van der Waals surface area contributed by atoms with Gasteiger partial charge in [0.2, 0.25) is 0 Å². The molecule has 17 heavy (non-hydrogen) atoms. The Labute approximate surface area is 98.6 Å². The van der Waals surface area contributed by atoms with Crippen molar-refractivity contribution in [2.45, 2.75) is 13.8 Å². The fourth-order valence-corrected chi connectivity index (χ4v) is 0.832. The minimum absolute atomic E-state index is 0.0509. The van der Waals surface area contributed by atoms with Crippen molar-refractivity contribution >= 4 is 11.9 Å². The van der Waals surface area contributed by atoms with Crippen LogP contribution in [-0.2, 0) is 4.79 Å². The molecule has 1 aromatic rings. The number of carbonyl (C=O) groups is 2. The smallest absolute Gasteiger partial charge is 0.339 e. The number of rotatable bonds is 2. The van der Waals surface area contributed by atoms with Crippen molar-refractivity contribution < 1.29 is 24.9 Å². The van der Waals surface area contributed by atoms with E-state index >= 15 is 0 Å². The maximum atomic E-state index is 10.4. The van der Waals surface area contributed by atoms with Gasteiger partial charge in [-0.3, -0.25) is 0 Å². The lowest BCUT2D eigenvalue weighted by atomic mass is 10.1. The third-order valence-electron chi connectivity index (χ3n) is 1.83. The molecule has 0 unspecified atom stereocenters. The highest BCUT2D eigenvalue weighted by Crippen LogP contribution is 2.20. The Morgan fingerprint density at radius 3 is 2.00 bits per heavy atom. The van der Waals surface area contributed by atoms with Gasteiger partial charge in [0.05, 0.1) is 0 Å². The van der Waals surface area contributed by atoms with Crippen molar-refractivity contribution in [1.82, 2.24) is 0 Å². The molecule has 0 spiro atoms. The minimum Gasteiger partial charge on any atom is -0.507 e. The first kappa shape index (κ1) is 14.7. The third kappa shape index (κ3) is 4.83. The average Bonchev–Trinajstić information content (AvgIpc) is 2.22. The number of phenols is 1. The van der Waals surface area contributed by atoms with Crippen LogP contribution in [0.2, 0.25) is 0 Å². The first-order chi connectivity index (χ1) is 7.77. The van der Waals surface area contributed by atoms with E-state index in [1.165, 1.54) is 13.0 Å². The van der Waals surface area contributed by atoms with Crippen molar-refractivity contribution in [1.29, 1.82) is 0 Å². The van der Waals surface area contributed by atoms with Crippen LogP contribution in [0.15, 0.2) is 30.4 Å². The van der Waals surface area contributed by atoms with Crippen LogP contribution < -0.4 is 0 Å². The molecule has 1 rings (SSSR count). The molecule has 0 amide bonds. The van der Waals surface area contributed by atoms with Crippen LogP contribution in [0.5, 0.6) is 5.75 Å². The largest absolute Gasteiger partial charge is 0.507 e. The first-order valence-electron chi connectivity index (χ1n) is 4.68. The Balaban J connectivity index is 0.000000366. The predicted molar refractivity (Wildman–Crippen MR) is 62.3 cm³/mol. The Kier molecular flexibility index (Phi) is 5.46. The Morgan fingerprint density at radius 1 is 1.24 bits per heavy atom. The lowest BCUT2D eigenvalue weighted by Crippen LogP contribution is -1.96. The van der Waals surface area contributed by atoms with Gasteiger partial charge in [0, 0.05) is 5.57 Å². The molecule has 5 heteroatoms. The van der Waals surface area contributed by atoms with Crippen LogP contribution in [0.25, 0.3) is 0 Å². The lowest BCUT2D eigenvalue weighted by Gasteiger charge is -2.00. The van der Waals surface area contributed by atoms with Crippen molar-refractivity contribution in [2.75, 3.05) is 0 Å². The summed E-state index contributed by atoms with van der Waals surface area (Å²) in [5, 5.41) is 25.6. The molecule has 0 aliphatic carbocycles. The van der Waals surface area contributed by atoms with E-state index in [1.54, 1.807) is 19.1 Å². The molecule has 0 radical (unpaired) electrons. The van der Waals surface area contributed by atoms with Gasteiger partial charge in [0.15, 0.2) is 0 Å². The van der Waals surface area contributed by atoms with Gasteiger partial charge in [-0.05, 0) is 25.5 Å². The molecular weight excluding hydrogens is 224 g/mol. The molecule has 0 atom stereocenters. The van der Waals surface area contributed by atoms with Crippen LogP contribution in [0.1, 0.15) is 22.8 Å². The van der Waals surface area contributed by atoms with E-state index in [2.05, 4.69) is 6.58 Å². The SMILES string of the molecule is C=C(C)C(=O)O.Cc1cccc(C(=O)O)c1O. The summed E-state index contributed by atoms with van der Waals surface area (Å²) in [6.07, 6.45) is 0. The van der Waals surface area contributed by atoms with E-state index in [0.29, 0.717) is 5.56 Å². The maximum absolute atomic E-state index is 10.4. The standard InChI is InChI=1S/C8H8O3.C4H6O2/c1-5-3-2-4-6(7(5)9)8(10)11;1-3(2)4(5)6/h2-4,9H,1H3,(H,10,11);1H2,2H3,(H,5,6). The average molecular weight is 238 g/mol. The van der Waals surface area contributed by atoms with Crippen LogP contribution in [-0.4, -0.2) is 27.3 Å². The molecule has 92 valence electrons. The molecule has 0 saturated heterocycles. The number of hydrogen-bond acceptors (Lipinski definition) is 3. The molecule has 3 N–H and O–H groups in total. The summed E-state index contributed by atoms with van der Waals surface area (Å²) in [5.41, 5.74) is 0.699. The normalized spacial score (nSPS) is 8.82. The highest BCUT2D eigenvalue weighted by atomic mass is 16.4. The summed E-state index contributed by atoms with van der Waals surface area (Å²) >= 11 is 0. The van der Waals surface area contributed by atoms with E-state index in [0.717, 1.165) is 0 Å². The number of para-hydroxylation sites is 1. The zero-order valence-electron chi connectivity index (χ0n) is 9.60.